The number of carboxylic acids is 1. The van der Waals surface area contributed by atoms with Gasteiger partial charge in [0.2, 0.25) is 0 Å². The minimum atomic E-state index is -0.946. The summed E-state index contributed by atoms with van der Waals surface area (Å²) < 4.78 is 6.17. The maximum Gasteiger partial charge on any atom is 0.335 e. The van der Waals surface area contributed by atoms with E-state index in [-0.39, 0.29) is 16.9 Å². The van der Waals surface area contributed by atoms with Gasteiger partial charge in [0.05, 0.1) is 12.2 Å². The van der Waals surface area contributed by atoms with Crippen LogP contribution in [0.15, 0.2) is 42.5 Å². The van der Waals surface area contributed by atoms with Crippen LogP contribution in [0.2, 0.25) is 0 Å². The van der Waals surface area contributed by atoms with Crippen LogP contribution in [0.25, 0.3) is 0 Å². The van der Waals surface area contributed by atoms with Gasteiger partial charge < -0.3 is 14.9 Å². The molecule has 3 aliphatic rings. The second-order valence-corrected chi connectivity index (χ2v) is 9.14. The molecule has 5 heteroatoms. The SMILES string of the molecule is CN1C2CCc3ccc(O)cc3[C@@]3(C)CC2C1[C@H]3COc1cccc(C(=O)O)c1. The first kappa shape index (κ1) is 18.5. The molecular formula is C24H27NO4. The third kappa shape index (κ3) is 2.75. The number of benzene rings is 2. The first-order chi connectivity index (χ1) is 13.9. The lowest BCUT2D eigenvalue weighted by atomic mass is 9.71. The van der Waals surface area contributed by atoms with Crippen molar-refractivity contribution in [1.82, 2.24) is 4.90 Å². The van der Waals surface area contributed by atoms with Crippen molar-refractivity contribution < 1.29 is 19.7 Å². The van der Waals surface area contributed by atoms with Crippen molar-refractivity contribution >= 4 is 5.97 Å². The third-order valence-electron chi connectivity index (χ3n) is 7.75. The number of nitrogens with zero attached hydrogens (tertiary/aromatic N) is 1. The summed E-state index contributed by atoms with van der Waals surface area (Å²) in [6.45, 7) is 2.86. The predicted octanol–water partition coefficient (Wildman–Crippen LogP) is 3.69. The van der Waals surface area contributed by atoms with E-state index >= 15 is 0 Å². The molecule has 5 atom stereocenters. The Bertz CT molecular complexity index is 973. The average Bonchev–Trinajstić information content (AvgIpc) is 2.99. The number of carbonyl (C=O) groups is 1. The summed E-state index contributed by atoms with van der Waals surface area (Å²) in [5.41, 5.74) is 2.76. The van der Waals surface area contributed by atoms with E-state index < -0.39 is 5.97 Å². The Hall–Kier alpha value is -2.53. The van der Waals surface area contributed by atoms with Crippen LogP contribution in [0, 0.1) is 11.8 Å². The Morgan fingerprint density at radius 1 is 1.28 bits per heavy atom. The van der Waals surface area contributed by atoms with Crippen molar-refractivity contribution in [1.29, 1.82) is 0 Å². The standard InChI is InChI=1S/C24H27NO4/c1-24-12-18-21(9-7-14-6-8-16(26)11-19(14)24)25(2)22(18)20(24)13-29-17-5-3-4-15(10-17)23(27)28/h3-6,8,10-11,18,20-22,26H,7,9,12-13H2,1-2H3,(H,27,28)/t18?,20-,21?,22?,24-/m1/s1. The molecule has 2 aromatic carbocycles. The summed E-state index contributed by atoms with van der Waals surface area (Å²) in [6.07, 6.45) is 3.30. The molecule has 29 heavy (non-hydrogen) atoms. The first-order valence-electron chi connectivity index (χ1n) is 10.4. The van der Waals surface area contributed by atoms with E-state index in [1.165, 1.54) is 11.1 Å². The van der Waals surface area contributed by atoms with Gasteiger partial charge in [-0.3, -0.25) is 4.90 Å². The number of phenolic OH excluding ortho intramolecular Hbond substituents is 1. The molecule has 5 nitrogen and oxygen atoms in total. The number of hydrogen-bond donors (Lipinski definition) is 2. The Balaban J connectivity index is 1.49. The lowest BCUT2D eigenvalue weighted by Crippen LogP contribution is -2.62. The number of aromatic hydroxyl groups is 1. The fourth-order valence-corrected chi connectivity index (χ4v) is 6.34. The first-order valence-corrected chi connectivity index (χ1v) is 10.4. The van der Waals surface area contributed by atoms with Crippen molar-refractivity contribution in [3.63, 3.8) is 0 Å². The maximum atomic E-state index is 11.3. The molecule has 2 aliphatic carbocycles. The van der Waals surface area contributed by atoms with Gasteiger partial charge in [-0.15, -0.1) is 0 Å². The van der Waals surface area contributed by atoms with E-state index in [0.29, 0.717) is 36.1 Å². The summed E-state index contributed by atoms with van der Waals surface area (Å²) in [6, 6.07) is 13.6. The summed E-state index contributed by atoms with van der Waals surface area (Å²) in [5, 5.41) is 19.4. The molecule has 1 saturated carbocycles. The molecule has 0 aromatic heterocycles. The highest BCUT2D eigenvalue weighted by Crippen LogP contribution is 2.59. The lowest BCUT2D eigenvalue weighted by Gasteiger charge is -2.52. The van der Waals surface area contributed by atoms with Crippen LogP contribution in [-0.4, -0.2) is 46.8 Å². The van der Waals surface area contributed by atoms with Gasteiger partial charge in [0.15, 0.2) is 0 Å². The molecule has 1 aliphatic heterocycles. The molecular weight excluding hydrogens is 366 g/mol. The number of rotatable bonds is 4. The quantitative estimate of drug-likeness (QED) is 0.829. The molecule has 1 heterocycles. The van der Waals surface area contributed by atoms with Crippen LogP contribution in [-0.2, 0) is 11.8 Å². The van der Waals surface area contributed by atoms with Crippen LogP contribution < -0.4 is 4.74 Å². The highest BCUT2D eigenvalue weighted by Gasteiger charge is 2.63. The molecule has 2 aromatic rings. The van der Waals surface area contributed by atoms with Gasteiger partial charge in [-0.05, 0) is 73.7 Å². The second-order valence-electron chi connectivity index (χ2n) is 9.14. The lowest BCUT2D eigenvalue weighted by molar-refractivity contribution is -0.0457. The minimum absolute atomic E-state index is 0.0722. The summed E-state index contributed by atoms with van der Waals surface area (Å²) in [5.74, 6) is 0.905. The number of ether oxygens (including phenoxy) is 1. The van der Waals surface area contributed by atoms with Crippen LogP contribution in [0.1, 0.15) is 41.3 Å². The summed E-state index contributed by atoms with van der Waals surface area (Å²) in [7, 11) is 2.23. The van der Waals surface area contributed by atoms with Crippen molar-refractivity contribution in [3.8, 4) is 11.5 Å². The average molecular weight is 393 g/mol. The van der Waals surface area contributed by atoms with E-state index in [9.17, 15) is 15.0 Å². The van der Waals surface area contributed by atoms with Crippen molar-refractivity contribution in [2.24, 2.45) is 11.8 Å². The Morgan fingerprint density at radius 2 is 2.10 bits per heavy atom. The second kappa shape index (κ2) is 6.49. The van der Waals surface area contributed by atoms with Gasteiger partial charge in [0.1, 0.15) is 11.5 Å². The van der Waals surface area contributed by atoms with E-state index in [0.717, 1.165) is 19.3 Å². The van der Waals surface area contributed by atoms with Gasteiger partial charge in [0.25, 0.3) is 0 Å². The number of carboxylic acid groups (broad SMARTS) is 1. The number of aromatic carboxylic acids is 1. The fraction of sp³-hybridized carbons (Fsp3) is 0.458. The maximum absolute atomic E-state index is 11.3. The Kier molecular flexibility index (Phi) is 4.14. The zero-order chi connectivity index (χ0) is 20.3. The van der Waals surface area contributed by atoms with Crippen molar-refractivity contribution in [2.45, 2.75) is 43.7 Å². The fourth-order valence-electron chi connectivity index (χ4n) is 6.34. The minimum Gasteiger partial charge on any atom is -0.508 e. The molecule has 2 bridgehead atoms. The van der Waals surface area contributed by atoms with E-state index in [1.807, 2.05) is 12.1 Å². The largest absolute Gasteiger partial charge is 0.508 e. The normalized spacial score (nSPS) is 32.6. The van der Waals surface area contributed by atoms with Gasteiger partial charge in [0, 0.05) is 23.4 Å². The molecule has 2 N–H and O–H groups in total. The van der Waals surface area contributed by atoms with E-state index in [2.05, 4.69) is 24.9 Å². The Morgan fingerprint density at radius 3 is 2.90 bits per heavy atom. The van der Waals surface area contributed by atoms with Crippen molar-refractivity contribution in [3.05, 3.63) is 59.2 Å². The highest BCUT2D eigenvalue weighted by molar-refractivity contribution is 5.88. The highest BCUT2D eigenvalue weighted by atomic mass is 16.5. The third-order valence-corrected chi connectivity index (χ3v) is 7.75. The van der Waals surface area contributed by atoms with Gasteiger partial charge >= 0.3 is 5.97 Å². The Labute approximate surface area is 170 Å². The molecule has 152 valence electrons. The van der Waals surface area contributed by atoms with Crippen LogP contribution in [0.5, 0.6) is 11.5 Å². The smallest absolute Gasteiger partial charge is 0.335 e. The zero-order valence-electron chi connectivity index (χ0n) is 16.8. The molecule has 5 rings (SSSR count). The molecule has 3 unspecified atom stereocenters. The molecule has 0 spiro atoms. The van der Waals surface area contributed by atoms with Crippen LogP contribution in [0.4, 0.5) is 0 Å². The van der Waals surface area contributed by atoms with E-state index in [1.54, 1.807) is 24.3 Å². The number of phenols is 1. The topological polar surface area (TPSA) is 70.0 Å². The van der Waals surface area contributed by atoms with Crippen molar-refractivity contribution in [2.75, 3.05) is 13.7 Å². The van der Waals surface area contributed by atoms with E-state index in [4.69, 9.17) is 4.74 Å². The zero-order valence-corrected chi connectivity index (χ0v) is 16.8. The molecule has 2 fully saturated rings. The number of fused-ring (bicyclic) bond motifs is 3. The number of likely N-dealkylation sites (tertiary alicyclic amines) is 1. The molecule has 1 saturated heterocycles. The monoisotopic (exact) mass is 393 g/mol. The summed E-state index contributed by atoms with van der Waals surface area (Å²) >= 11 is 0. The molecule has 0 amide bonds. The van der Waals surface area contributed by atoms with Crippen LogP contribution in [0.3, 0.4) is 0 Å². The van der Waals surface area contributed by atoms with Gasteiger partial charge in [-0.1, -0.05) is 19.1 Å². The van der Waals surface area contributed by atoms with Crippen LogP contribution >= 0.6 is 0 Å². The number of aryl methyl sites for hydroxylation is 1. The van der Waals surface area contributed by atoms with Gasteiger partial charge in [-0.25, -0.2) is 4.79 Å². The number of hydrogen-bond acceptors (Lipinski definition) is 4. The van der Waals surface area contributed by atoms with Gasteiger partial charge in [-0.2, -0.15) is 0 Å². The summed E-state index contributed by atoms with van der Waals surface area (Å²) in [4.78, 5) is 13.8. The predicted molar refractivity (Wildman–Crippen MR) is 110 cm³/mol. The molecule has 0 radical (unpaired) electrons.